The molecular weight excluding hydrogens is 252 g/mol. The number of aryl methyl sites for hydroxylation is 1. The highest BCUT2D eigenvalue weighted by Gasteiger charge is 2.37. The van der Waals surface area contributed by atoms with E-state index in [0.29, 0.717) is 19.5 Å². The molecule has 0 aliphatic carbocycles. The fourth-order valence-corrected chi connectivity index (χ4v) is 2.57. The largest absolute Gasteiger partial charge is 0.305 e. The molecule has 1 aliphatic heterocycles. The molecule has 1 heterocycles. The van der Waals surface area contributed by atoms with Gasteiger partial charge in [-0.05, 0) is 37.4 Å². The van der Waals surface area contributed by atoms with E-state index in [1.165, 1.54) is 16.0 Å². The molecule has 1 aromatic rings. The lowest BCUT2D eigenvalue weighted by Gasteiger charge is -2.14. The predicted molar refractivity (Wildman–Crippen MR) is 78.3 cm³/mol. The topological polar surface area (TPSA) is 49.4 Å². The minimum absolute atomic E-state index is 0.0507. The molecule has 0 bridgehead atoms. The molecule has 2 amide bonds. The van der Waals surface area contributed by atoms with E-state index in [-0.39, 0.29) is 17.9 Å². The molecule has 1 aromatic carbocycles. The summed E-state index contributed by atoms with van der Waals surface area (Å²) < 4.78 is 0. The number of nitrogens with one attached hydrogen (secondary N) is 1. The summed E-state index contributed by atoms with van der Waals surface area (Å²) in [5.41, 5.74) is 2.54. The van der Waals surface area contributed by atoms with Crippen molar-refractivity contribution in [2.75, 3.05) is 13.1 Å². The van der Waals surface area contributed by atoms with Crippen LogP contribution in [0, 0.1) is 6.92 Å². The van der Waals surface area contributed by atoms with Crippen molar-refractivity contribution >= 4 is 11.8 Å². The van der Waals surface area contributed by atoms with E-state index < -0.39 is 0 Å². The highest BCUT2D eigenvalue weighted by atomic mass is 16.2. The summed E-state index contributed by atoms with van der Waals surface area (Å²) in [6.07, 6.45) is 1.98. The van der Waals surface area contributed by atoms with Gasteiger partial charge in [0.2, 0.25) is 11.8 Å². The molecule has 0 radical (unpaired) electrons. The lowest BCUT2D eigenvalue weighted by molar-refractivity contribution is -0.138. The van der Waals surface area contributed by atoms with Crippen LogP contribution in [0.4, 0.5) is 0 Å². The van der Waals surface area contributed by atoms with Crippen molar-refractivity contribution in [1.29, 1.82) is 0 Å². The number of hydrogen-bond acceptors (Lipinski definition) is 3. The average Bonchev–Trinajstić information content (AvgIpc) is 2.69. The van der Waals surface area contributed by atoms with E-state index in [1.54, 1.807) is 0 Å². The van der Waals surface area contributed by atoms with Crippen LogP contribution >= 0.6 is 0 Å². The maximum Gasteiger partial charge on any atom is 0.246 e. The smallest absolute Gasteiger partial charge is 0.246 e. The van der Waals surface area contributed by atoms with Crippen molar-refractivity contribution in [3.05, 3.63) is 35.4 Å². The first-order valence-corrected chi connectivity index (χ1v) is 7.25. The summed E-state index contributed by atoms with van der Waals surface area (Å²) in [5, 5.41) is 3.21. The molecule has 108 valence electrons. The van der Waals surface area contributed by atoms with Crippen LogP contribution in [0.25, 0.3) is 0 Å². The van der Waals surface area contributed by atoms with Gasteiger partial charge in [-0.2, -0.15) is 0 Å². The Balaban J connectivity index is 1.85. The van der Waals surface area contributed by atoms with Gasteiger partial charge in [-0.1, -0.05) is 31.2 Å². The number of hydrogen-bond donors (Lipinski definition) is 1. The number of nitrogens with zero attached hydrogens (tertiary/aromatic N) is 1. The lowest BCUT2D eigenvalue weighted by Crippen LogP contribution is -2.39. The quantitative estimate of drug-likeness (QED) is 0.803. The summed E-state index contributed by atoms with van der Waals surface area (Å²) in [5.74, 6) is -0.119. The standard InChI is InChI=1S/C16H22N2O2/c1-3-10-18-15(19)11-14(16(18)20)17-9-8-13-7-5-4-6-12(13)2/h4-7,14,17H,3,8-11H2,1-2H3. The molecule has 1 fully saturated rings. The van der Waals surface area contributed by atoms with Crippen LogP contribution in [0.5, 0.6) is 0 Å². The lowest BCUT2D eigenvalue weighted by atomic mass is 10.1. The summed E-state index contributed by atoms with van der Waals surface area (Å²) in [7, 11) is 0. The Morgan fingerprint density at radius 3 is 2.75 bits per heavy atom. The molecule has 1 unspecified atom stereocenters. The number of rotatable bonds is 6. The Labute approximate surface area is 120 Å². The fourth-order valence-electron chi connectivity index (χ4n) is 2.57. The summed E-state index contributed by atoms with van der Waals surface area (Å²) >= 11 is 0. The Bertz CT molecular complexity index is 499. The van der Waals surface area contributed by atoms with Crippen molar-refractivity contribution in [1.82, 2.24) is 10.2 Å². The molecule has 1 atom stereocenters. The zero-order chi connectivity index (χ0) is 14.5. The van der Waals surface area contributed by atoms with E-state index in [0.717, 1.165) is 12.8 Å². The second-order valence-corrected chi connectivity index (χ2v) is 5.27. The molecule has 20 heavy (non-hydrogen) atoms. The summed E-state index contributed by atoms with van der Waals surface area (Å²) in [4.78, 5) is 25.2. The highest BCUT2D eigenvalue weighted by molar-refractivity contribution is 6.05. The van der Waals surface area contributed by atoms with E-state index in [4.69, 9.17) is 0 Å². The molecule has 4 heteroatoms. The summed E-state index contributed by atoms with van der Waals surface area (Å²) in [6.45, 7) is 5.31. The number of likely N-dealkylation sites (tertiary alicyclic amines) is 1. The van der Waals surface area contributed by atoms with Gasteiger partial charge in [0.15, 0.2) is 0 Å². The van der Waals surface area contributed by atoms with Crippen LogP contribution in [-0.2, 0) is 16.0 Å². The van der Waals surface area contributed by atoms with Gasteiger partial charge in [0, 0.05) is 6.54 Å². The molecular formula is C16H22N2O2. The van der Waals surface area contributed by atoms with Crippen LogP contribution in [0.1, 0.15) is 30.9 Å². The first-order valence-electron chi connectivity index (χ1n) is 7.25. The normalized spacial score (nSPS) is 18.9. The van der Waals surface area contributed by atoms with E-state index >= 15 is 0 Å². The van der Waals surface area contributed by atoms with Gasteiger partial charge in [0.05, 0.1) is 12.5 Å². The van der Waals surface area contributed by atoms with Gasteiger partial charge in [-0.25, -0.2) is 0 Å². The van der Waals surface area contributed by atoms with Crippen LogP contribution in [-0.4, -0.2) is 35.8 Å². The first-order chi connectivity index (χ1) is 9.63. The van der Waals surface area contributed by atoms with Crippen molar-refractivity contribution in [3.8, 4) is 0 Å². The molecule has 2 rings (SSSR count). The zero-order valence-electron chi connectivity index (χ0n) is 12.2. The number of benzene rings is 1. The minimum Gasteiger partial charge on any atom is -0.305 e. The van der Waals surface area contributed by atoms with Gasteiger partial charge in [-0.15, -0.1) is 0 Å². The maximum absolute atomic E-state index is 12.1. The third-order valence-corrected chi connectivity index (χ3v) is 3.74. The Morgan fingerprint density at radius 2 is 2.05 bits per heavy atom. The van der Waals surface area contributed by atoms with Crippen LogP contribution in [0.2, 0.25) is 0 Å². The first kappa shape index (κ1) is 14.7. The van der Waals surface area contributed by atoms with Crippen LogP contribution in [0.3, 0.4) is 0 Å². The molecule has 1 aliphatic rings. The number of carbonyl (C=O) groups is 2. The molecule has 0 aromatic heterocycles. The Hall–Kier alpha value is -1.68. The molecule has 1 saturated heterocycles. The third-order valence-electron chi connectivity index (χ3n) is 3.74. The second kappa shape index (κ2) is 6.66. The number of amides is 2. The Morgan fingerprint density at radius 1 is 1.30 bits per heavy atom. The zero-order valence-corrected chi connectivity index (χ0v) is 12.2. The maximum atomic E-state index is 12.1. The predicted octanol–water partition coefficient (Wildman–Crippen LogP) is 1.66. The molecule has 0 saturated carbocycles. The number of carbonyl (C=O) groups excluding carboxylic acids is 2. The number of imide groups is 1. The molecule has 1 N–H and O–H groups in total. The van der Waals surface area contributed by atoms with Gasteiger partial charge < -0.3 is 5.32 Å². The van der Waals surface area contributed by atoms with Crippen molar-refractivity contribution in [3.63, 3.8) is 0 Å². The van der Waals surface area contributed by atoms with Gasteiger partial charge in [0.25, 0.3) is 0 Å². The minimum atomic E-state index is -0.335. The van der Waals surface area contributed by atoms with Gasteiger partial charge in [-0.3, -0.25) is 14.5 Å². The van der Waals surface area contributed by atoms with Gasteiger partial charge in [0.1, 0.15) is 0 Å². The van der Waals surface area contributed by atoms with Crippen molar-refractivity contribution < 1.29 is 9.59 Å². The summed E-state index contributed by atoms with van der Waals surface area (Å²) in [6, 6.07) is 7.90. The third kappa shape index (κ3) is 3.25. The highest BCUT2D eigenvalue weighted by Crippen LogP contribution is 2.14. The SMILES string of the molecule is CCCN1C(=O)CC(NCCc2ccccc2C)C1=O. The van der Waals surface area contributed by atoms with E-state index in [9.17, 15) is 9.59 Å². The van der Waals surface area contributed by atoms with E-state index in [2.05, 4.69) is 24.4 Å². The van der Waals surface area contributed by atoms with Crippen LogP contribution in [0.15, 0.2) is 24.3 Å². The average molecular weight is 274 g/mol. The monoisotopic (exact) mass is 274 g/mol. The van der Waals surface area contributed by atoms with Crippen molar-refractivity contribution in [2.45, 2.75) is 39.2 Å². The Kier molecular flexibility index (Phi) is 4.90. The fraction of sp³-hybridized carbons (Fsp3) is 0.500. The van der Waals surface area contributed by atoms with Crippen LogP contribution < -0.4 is 5.32 Å². The molecule has 4 nitrogen and oxygen atoms in total. The second-order valence-electron chi connectivity index (χ2n) is 5.27. The molecule has 0 spiro atoms. The van der Waals surface area contributed by atoms with E-state index in [1.807, 2.05) is 19.1 Å². The van der Waals surface area contributed by atoms with Crippen molar-refractivity contribution in [2.24, 2.45) is 0 Å². The van der Waals surface area contributed by atoms with Gasteiger partial charge >= 0.3 is 0 Å².